The fraction of sp³-hybridized carbons (Fsp3) is 0.278. The van der Waals surface area contributed by atoms with E-state index in [-0.39, 0.29) is 16.8 Å². The zero-order chi connectivity index (χ0) is 18.4. The van der Waals surface area contributed by atoms with Crippen LogP contribution in [0.3, 0.4) is 0 Å². The smallest absolute Gasteiger partial charge is 0.264 e. The Bertz CT molecular complexity index is 803. The van der Waals surface area contributed by atoms with Crippen LogP contribution < -0.4 is 15.4 Å². The molecule has 1 unspecified atom stereocenters. The number of hydrogen-bond acceptors (Lipinski definition) is 4. The lowest BCUT2D eigenvalue weighted by Crippen LogP contribution is -2.29. The number of anilines is 1. The van der Waals surface area contributed by atoms with Gasteiger partial charge in [-0.05, 0) is 49.7 Å². The van der Waals surface area contributed by atoms with E-state index in [4.69, 9.17) is 5.73 Å². The molecule has 0 spiro atoms. The Kier molecular flexibility index (Phi) is 6.17. The van der Waals surface area contributed by atoms with Crippen molar-refractivity contribution in [2.24, 2.45) is 5.73 Å². The normalized spacial score (nSPS) is 12.4. The van der Waals surface area contributed by atoms with Gasteiger partial charge in [-0.25, -0.2) is 8.42 Å². The van der Waals surface area contributed by atoms with E-state index in [9.17, 15) is 13.2 Å². The van der Waals surface area contributed by atoms with Gasteiger partial charge in [0.25, 0.3) is 15.9 Å². The summed E-state index contributed by atoms with van der Waals surface area (Å²) in [5.41, 5.74) is 6.62. The first-order valence-electron chi connectivity index (χ1n) is 8.00. The number of carbonyl (C=O) groups is 1. The summed E-state index contributed by atoms with van der Waals surface area (Å²) in [6, 6.07) is 14.7. The van der Waals surface area contributed by atoms with Crippen LogP contribution in [0, 0.1) is 0 Å². The Morgan fingerprint density at radius 1 is 1.12 bits per heavy atom. The maximum absolute atomic E-state index is 12.7. The Morgan fingerprint density at radius 3 is 2.28 bits per heavy atom. The Morgan fingerprint density at radius 2 is 1.72 bits per heavy atom. The standard InChI is InChI=1S/C18H23N3O3S/c1-14(19)12-13-20-18(22)15-8-10-17(11-9-15)25(23,24)21(2)16-6-4-3-5-7-16/h3-11,14H,12-13,19H2,1-2H3,(H,20,22). The average molecular weight is 361 g/mol. The van der Waals surface area contributed by atoms with Gasteiger partial charge < -0.3 is 11.1 Å². The third-order valence-electron chi connectivity index (χ3n) is 3.78. The van der Waals surface area contributed by atoms with E-state index in [0.717, 1.165) is 0 Å². The first-order valence-corrected chi connectivity index (χ1v) is 9.44. The second-order valence-corrected chi connectivity index (χ2v) is 7.82. The van der Waals surface area contributed by atoms with Gasteiger partial charge in [-0.2, -0.15) is 0 Å². The molecule has 0 aliphatic heterocycles. The molecule has 0 aliphatic rings. The van der Waals surface area contributed by atoms with Gasteiger partial charge in [-0.3, -0.25) is 9.10 Å². The predicted molar refractivity (Wildman–Crippen MR) is 99.1 cm³/mol. The SMILES string of the molecule is CC(N)CCNC(=O)c1ccc(S(=O)(=O)N(C)c2ccccc2)cc1. The van der Waals surface area contributed by atoms with E-state index in [0.29, 0.717) is 24.2 Å². The monoisotopic (exact) mass is 361 g/mol. The molecular weight excluding hydrogens is 338 g/mol. The molecule has 2 aromatic carbocycles. The van der Waals surface area contributed by atoms with Crippen molar-refractivity contribution in [3.63, 3.8) is 0 Å². The van der Waals surface area contributed by atoms with Gasteiger partial charge in [0, 0.05) is 25.2 Å². The topological polar surface area (TPSA) is 92.5 Å². The molecule has 2 aromatic rings. The third-order valence-corrected chi connectivity index (χ3v) is 5.58. The highest BCUT2D eigenvalue weighted by atomic mass is 32.2. The highest BCUT2D eigenvalue weighted by Gasteiger charge is 2.21. The quantitative estimate of drug-likeness (QED) is 0.789. The summed E-state index contributed by atoms with van der Waals surface area (Å²) in [4.78, 5) is 12.2. The molecule has 3 N–H and O–H groups in total. The van der Waals surface area contributed by atoms with Gasteiger partial charge in [0.2, 0.25) is 0 Å². The second kappa shape index (κ2) is 8.13. The maximum atomic E-state index is 12.7. The molecule has 0 saturated heterocycles. The minimum atomic E-state index is -3.68. The van der Waals surface area contributed by atoms with Crippen molar-refractivity contribution < 1.29 is 13.2 Å². The molecule has 0 aliphatic carbocycles. The summed E-state index contributed by atoms with van der Waals surface area (Å²) in [5.74, 6) is -0.249. The van der Waals surface area contributed by atoms with E-state index in [1.54, 1.807) is 24.3 Å². The molecule has 0 bridgehead atoms. The zero-order valence-electron chi connectivity index (χ0n) is 14.3. The van der Waals surface area contributed by atoms with Crippen molar-refractivity contribution >= 4 is 21.6 Å². The van der Waals surface area contributed by atoms with Gasteiger partial charge >= 0.3 is 0 Å². The molecule has 1 amide bonds. The van der Waals surface area contributed by atoms with Crippen LogP contribution >= 0.6 is 0 Å². The third kappa shape index (κ3) is 4.80. The fourth-order valence-corrected chi connectivity index (χ4v) is 3.42. The number of amides is 1. The molecule has 0 saturated carbocycles. The maximum Gasteiger partial charge on any atom is 0.264 e. The fourth-order valence-electron chi connectivity index (χ4n) is 2.23. The molecule has 0 aromatic heterocycles. The second-order valence-electron chi connectivity index (χ2n) is 5.85. The highest BCUT2D eigenvalue weighted by Crippen LogP contribution is 2.21. The van der Waals surface area contributed by atoms with Gasteiger partial charge in [0.05, 0.1) is 10.6 Å². The molecule has 0 fully saturated rings. The van der Waals surface area contributed by atoms with Crippen LogP contribution in [0.25, 0.3) is 0 Å². The lowest BCUT2D eigenvalue weighted by atomic mass is 10.2. The number of hydrogen-bond donors (Lipinski definition) is 2. The van der Waals surface area contributed by atoms with Gasteiger partial charge in [0.1, 0.15) is 0 Å². The molecule has 0 radical (unpaired) electrons. The zero-order valence-corrected chi connectivity index (χ0v) is 15.2. The van der Waals surface area contributed by atoms with Crippen molar-refractivity contribution in [2.75, 3.05) is 17.9 Å². The molecule has 2 rings (SSSR count). The lowest BCUT2D eigenvalue weighted by molar-refractivity contribution is 0.0952. The van der Waals surface area contributed by atoms with E-state index >= 15 is 0 Å². The van der Waals surface area contributed by atoms with Crippen molar-refractivity contribution in [3.8, 4) is 0 Å². The van der Waals surface area contributed by atoms with Crippen LogP contribution in [-0.4, -0.2) is 34.0 Å². The lowest BCUT2D eigenvalue weighted by Gasteiger charge is -2.19. The van der Waals surface area contributed by atoms with E-state index in [1.165, 1.54) is 35.6 Å². The molecule has 134 valence electrons. The number of sulfonamides is 1. The van der Waals surface area contributed by atoms with Crippen molar-refractivity contribution in [2.45, 2.75) is 24.3 Å². The van der Waals surface area contributed by atoms with Crippen LogP contribution in [0.2, 0.25) is 0 Å². The van der Waals surface area contributed by atoms with Gasteiger partial charge in [-0.15, -0.1) is 0 Å². The highest BCUT2D eigenvalue weighted by molar-refractivity contribution is 7.92. The first kappa shape index (κ1) is 19.0. The van der Waals surface area contributed by atoms with Gasteiger partial charge in [0.15, 0.2) is 0 Å². The summed E-state index contributed by atoms with van der Waals surface area (Å²) in [6.45, 7) is 2.35. The molecule has 6 nitrogen and oxygen atoms in total. The van der Waals surface area contributed by atoms with E-state index in [2.05, 4.69) is 5.32 Å². The minimum Gasteiger partial charge on any atom is -0.352 e. The molecule has 25 heavy (non-hydrogen) atoms. The summed E-state index contributed by atoms with van der Waals surface area (Å²) in [6.07, 6.45) is 0.681. The molecule has 1 atom stereocenters. The minimum absolute atomic E-state index is 0.0151. The van der Waals surface area contributed by atoms with Gasteiger partial charge in [-0.1, -0.05) is 18.2 Å². The Hall–Kier alpha value is -2.38. The summed E-state index contributed by atoms with van der Waals surface area (Å²) >= 11 is 0. The number of para-hydroxylation sites is 1. The number of carbonyl (C=O) groups excluding carboxylic acids is 1. The number of benzene rings is 2. The van der Waals surface area contributed by atoms with Crippen LogP contribution in [0.15, 0.2) is 59.5 Å². The van der Waals surface area contributed by atoms with E-state index in [1.807, 2.05) is 13.0 Å². The number of nitrogens with zero attached hydrogens (tertiary/aromatic N) is 1. The van der Waals surface area contributed by atoms with Crippen molar-refractivity contribution in [1.29, 1.82) is 0 Å². The number of nitrogens with one attached hydrogen (secondary N) is 1. The van der Waals surface area contributed by atoms with Crippen LogP contribution in [-0.2, 0) is 10.0 Å². The van der Waals surface area contributed by atoms with Crippen LogP contribution in [0.4, 0.5) is 5.69 Å². The van der Waals surface area contributed by atoms with Crippen LogP contribution in [0.5, 0.6) is 0 Å². The summed E-state index contributed by atoms with van der Waals surface area (Å²) in [5, 5.41) is 2.76. The molecule has 0 heterocycles. The number of nitrogens with two attached hydrogens (primary N) is 1. The summed E-state index contributed by atoms with van der Waals surface area (Å²) in [7, 11) is -2.18. The van der Waals surface area contributed by atoms with Crippen molar-refractivity contribution in [1.82, 2.24) is 5.32 Å². The summed E-state index contributed by atoms with van der Waals surface area (Å²) < 4.78 is 26.6. The van der Waals surface area contributed by atoms with E-state index < -0.39 is 10.0 Å². The average Bonchev–Trinajstić information content (AvgIpc) is 2.61. The van der Waals surface area contributed by atoms with Crippen molar-refractivity contribution in [3.05, 3.63) is 60.2 Å². The van der Waals surface area contributed by atoms with Crippen LogP contribution in [0.1, 0.15) is 23.7 Å². The largest absolute Gasteiger partial charge is 0.352 e. The predicted octanol–water partition coefficient (Wildman–Crippen LogP) is 1.98. The number of rotatable bonds is 7. The Labute approximate surface area is 148 Å². The molecular formula is C18H23N3O3S. The molecule has 7 heteroatoms. The Balaban J connectivity index is 2.12. The first-order chi connectivity index (χ1) is 11.8.